The highest BCUT2D eigenvalue weighted by Crippen LogP contribution is 2.14. The average molecular weight is 290 g/mol. The van der Waals surface area contributed by atoms with E-state index in [1.54, 1.807) is 6.07 Å². The van der Waals surface area contributed by atoms with Gasteiger partial charge in [0.15, 0.2) is 0 Å². The number of carbonyl (C=O) groups excluding carboxylic acids is 1. The molecule has 2 nitrogen and oxygen atoms in total. The molecule has 3 heteroatoms. The van der Waals surface area contributed by atoms with Crippen molar-refractivity contribution in [1.29, 1.82) is 0 Å². The molecule has 13 heavy (non-hydrogen) atoms. The van der Waals surface area contributed by atoms with Crippen LogP contribution in [-0.2, 0) is 9.16 Å². The van der Waals surface area contributed by atoms with Gasteiger partial charge in [-0.15, -0.1) is 0 Å². The van der Waals surface area contributed by atoms with Gasteiger partial charge in [-0.2, -0.15) is 0 Å². The van der Waals surface area contributed by atoms with Crippen LogP contribution in [0.25, 0.3) is 0 Å². The number of esters is 1. The van der Waals surface area contributed by atoms with Crippen LogP contribution in [0.5, 0.6) is 0 Å². The van der Waals surface area contributed by atoms with E-state index in [2.05, 4.69) is 27.3 Å². The topological polar surface area (TPSA) is 26.3 Å². The molecule has 0 spiro atoms. The Morgan fingerprint density at radius 3 is 2.69 bits per heavy atom. The number of benzene rings is 1. The highest BCUT2D eigenvalue weighted by molar-refractivity contribution is 14.1. The van der Waals surface area contributed by atoms with Crippen LogP contribution in [0.3, 0.4) is 0 Å². The molecule has 0 aliphatic rings. The van der Waals surface area contributed by atoms with E-state index in [-0.39, 0.29) is 5.97 Å². The number of rotatable bonds is 2. The highest BCUT2D eigenvalue weighted by atomic mass is 127. The maximum atomic E-state index is 11.1. The SMILES string of the molecule is COC(=O)c1ccc(CI)c(C)c1. The van der Waals surface area contributed by atoms with Crippen molar-refractivity contribution in [1.82, 2.24) is 0 Å². The molecule has 0 unspecified atom stereocenters. The van der Waals surface area contributed by atoms with Gasteiger partial charge in [0.2, 0.25) is 0 Å². The molecule has 0 aromatic heterocycles. The summed E-state index contributed by atoms with van der Waals surface area (Å²) in [6, 6.07) is 5.63. The minimum atomic E-state index is -0.275. The molecule has 70 valence electrons. The molecule has 0 atom stereocenters. The molecule has 1 aromatic rings. The molecule has 0 saturated heterocycles. The number of aryl methyl sites for hydroxylation is 1. The van der Waals surface area contributed by atoms with Gasteiger partial charge >= 0.3 is 5.97 Å². The van der Waals surface area contributed by atoms with Gasteiger partial charge in [-0.3, -0.25) is 0 Å². The molecule has 1 rings (SSSR count). The van der Waals surface area contributed by atoms with E-state index < -0.39 is 0 Å². The van der Waals surface area contributed by atoms with Gasteiger partial charge in [0, 0.05) is 4.43 Å². The van der Waals surface area contributed by atoms with Crippen molar-refractivity contribution in [3.63, 3.8) is 0 Å². The fourth-order valence-corrected chi connectivity index (χ4v) is 1.95. The minimum Gasteiger partial charge on any atom is -0.465 e. The second-order valence-corrected chi connectivity index (χ2v) is 3.53. The second-order valence-electron chi connectivity index (χ2n) is 2.77. The average Bonchev–Trinajstić information content (AvgIpc) is 2.16. The summed E-state index contributed by atoms with van der Waals surface area (Å²) in [6.07, 6.45) is 0. The first-order valence-electron chi connectivity index (χ1n) is 3.93. The molecule has 0 fully saturated rings. The zero-order chi connectivity index (χ0) is 9.84. The van der Waals surface area contributed by atoms with Crippen molar-refractivity contribution in [2.45, 2.75) is 11.4 Å². The van der Waals surface area contributed by atoms with E-state index >= 15 is 0 Å². The maximum Gasteiger partial charge on any atom is 0.337 e. The minimum absolute atomic E-state index is 0.275. The third kappa shape index (κ3) is 2.43. The van der Waals surface area contributed by atoms with E-state index in [0.29, 0.717) is 5.56 Å². The number of hydrogen-bond acceptors (Lipinski definition) is 2. The predicted molar refractivity (Wildman–Crippen MR) is 60.2 cm³/mol. The molecule has 1 aromatic carbocycles. The van der Waals surface area contributed by atoms with E-state index in [4.69, 9.17) is 0 Å². The zero-order valence-corrected chi connectivity index (χ0v) is 9.79. The van der Waals surface area contributed by atoms with E-state index in [1.165, 1.54) is 12.7 Å². The van der Waals surface area contributed by atoms with Gasteiger partial charge in [-0.05, 0) is 30.2 Å². The molecule has 0 aliphatic carbocycles. The second kappa shape index (κ2) is 4.60. The Kier molecular flexibility index (Phi) is 3.71. The lowest BCUT2D eigenvalue weighted by Gasteiger charge is -2.04. The van der Waals surface area contributed by atoms with Crippen molar-refractivity contribution >= 4 is 28.6 Å². The predicted octanol–water partition coefficient (Wildman–Crippen LogP) is 2.72. The standard InChI is InChI=1S/C10H11IO2/c1-7-5-8(10(12)13-2)3-4-9(7)6-11/h3-5H,6H2,1-2H3. The number of alkyl halides is 1. The first-order chi connectivity index (χ1) is 6.19. The van der Waals surface area contributed by atoms with Crippen LogP contribution in [0.1, 0.15) is 21.5 Å². The summed E-state index contributed by atoms with van der Waals surface area (Å²) < 4.78 is 5.59. The molecule has 0 heterocycles. The van der Waals surface area contributed by atoms with Gasteiger partial charge < -0.3 is 4.74 Å². The lowest BCUT2D eigenvalue weighted by molar-refractivity contribution is 0.0600. The fraction of sp³-hybridized carbons (Fsp3) is 0.300. The Balaban J connectivity index is 3.02. The number of hydrogen-bond donors (Lipinski definition) is 0. The van der Waals surface area contributed by atoms with Crippen molar-refractivity contribution in [2.75, 3.05) is 7.11 Å². The van der Waals surface area contributed by atoms with Crippen molar-refractivity contribution in [3.8, 4) is 0 Å². The lowest BCUT2D eigenvalue weighted by Crippen LogP contribution is -2.01. The molecular weight excluding hydrogens is 279 g/mol. The third-order valence-corrected chi connectivity index (χ3v) is 2.73. The van der Waals surface area contributed by atoms with E-state index in [9.17, 15) is 4.79 Å². The summed E-state index contributed by atoms with van der Waals surface area (Å²) in [5, 5.41) is 0. The number of methoxy groups -OCH3 is 1. The smallest absolute Gasteiger partial charge is 0.337 e. The Morgan fingerprint density at radius 2 is 2.23 bits per heavy atom. The lowest BCUT2D eigenvalue weighted by atomic mass is 10.1. The van der Waals surface area contributed by atoms with Gasteiger partial charge in [0.05, 0.1) is 12.7 Å². The molecule has 0 radical (unpaired) electrons. The third-order valence-electron chi connectivity index (χ3n) is 1.91. The molecule has 0 saturated carbocycles. The Hall–Kier alpha value is -0.580. The van der Waals surface area contributed by atoms with Crippen LogP contribution < -0.4 is 0 Å². The summed E-state index contributed by atoms with van der Waals surface area (Å²) in [5.74, 6) is -0.275. The molecule has 0 aliphatic heterocycles. The molecule has 0 amide bonds. The van der Waals surface area contributed by atoms with Gasteiger partial charge in [-0.1, -0.05) is 28.7 Å². The highest BCUT2D eigenvalue weighted by Gasteiger charge is 2.06. The Bertz CT molecular complexity index is 321. The van der Waals surface area contributed by atoms with Gasteiger partial charge in [0.25, 0.3) is 0 Å². The van der Waals surface area contributed by atoms with Crippen LogP contribution in [0.2, 0.25) is 0 Å². The summed E-state index contributed by atoms with van der Waals surface area (Å²) in [6.45, 7) is 2.00. The monoisotopic (exact) mass is 290 g/mol. The molecule has 0 N–H and O–H groups in total. The molecular formula is C10H11IO2. The van der Waals surface area contributed by atoms with Gasteiger partial charge in [-0.25, -0.2) is 4.79 Å². The van der Waals surface area contributed by atoms with Crippen LogP contribution in [0, 0.1) is 6.92 Å². The van der Waals surface area contributed by atoms with Gasteiger partial charge in [0.1, 0.15) is 0 Å². The van der Waals surface area contributed by atoms with Crippen molar-refractivity contribution in [2.24, 2.45) is 0 Å². The first-order valence-corrected chi connectivity index (χ1v) is 5.45. The van der Waals surface area contributed by atoms with Crippen LogP contribution in [0.15, 0.2) is 18.2 Å². The summed E-state index contributed by atoms with van der Waals surface area (Å²) in [5.41, 5.74) is 3.01. The number of ether oxygens (including phenoxy) is 1. The van der Waals surface area contributed by atoms with Crippen LogP contribution in [0.4, 0.5) is 0 Å². The quantitative estimate of drug-likeness (QED) is 0.475. The van der Waals surface area contributed by atoms with E-state index in [0.717, 1.165) is 9.99 Å². The number of carbonyl (C=O) groups is 1. The zero-order valence-electron chi connectivity index (χ0n) is 7.63. The van der Waals surface area contributed by atoms with Crippen molar-refractivity contribution < 1.29 is 9.53 Å². The summed E-state index contributed by atoms with van der Waals surface area (Å²) in [7, 11) is 1.39. The first kappa shape index (κ1) is 10.5. The summed E-state index contributed by atoms with van der Waals surface area (Å²) >= 11 is 2.30. The molecule has 0 bridgehead atoms. The number of halogens is 1. The Labute approximate surface area is 91.4 Å². The fourth-order valence-electron chi connectivity index (χ4n) is 1.09. The maximum absolute atomic E-state index is 11.1. The van der Waals surface area contributed by atoms with Crippen molar-refractivity contribution in [3.05, 3.63) is 34.9 Å². The van der Waals surface area contributed by atoms with E-state index in [1.807, 2.05) is 19.1 Å². The van der Waals surface area contributed by atoms with Crippen LogP contribution >= 0.6 is 22.6 Å². The largest absolute Gasteiger partial charge is 0.465 e. The van der Waals surface area contributed by atoms with Crippen LogP contribution in [-0.4, -0.2) is 13.1 Å². The Morgan fingerprint density at radius 1 is 1.54 bits per heavy atom. The normalized spacial score (nSPS) is 9.77. The summed E-state index contributed by atoms with van der Waals surface area (Å²) in [4.78, 5) is 11.1.